The zero-order valence-corrected chi connectivity index (χ0v) is 11.0. The first kappa shape index (κ1) is 12.4. The van der Waals surface area contributed by atoms with Crippen molar-refractivity contribution in [1.29, 1.82) is 0 Å². The summed E-state index contributed by atoms with van der Waals surface area (Å²) in [6.07, 6.45) is 6.14. The summed E-state index contributed by atoms with van der Waals surface area (Å²) < 4.78 is 16.5. The molecule has 3 fully saturated rings. The van der Waals surface area contributed by atoms with E-state index in [2.05, 4.69) is 6.92 Å². The number of carbonyl (C=O) groups excluding carboxylic acids is 1. The van der Waals surface area contributed by atoms with Crippen molar-refractivity contribution in [2.24, 2.45) is 11.8 Å². The third-order valence-electron chi connectivity index (χ3n) is 4.40. The highest BCUT2D eigenvalue weighted by molar-refractivity contribution is 5.72. The van der Waals surface area contributed by atoms with Gasteiger partial charge in [0.1, 0.15) is 0 Å². The quantitative estimate of drug-likeness (QED) is 0.570. The number of carbonyl (C=O) groups is 1. The van der Waals surface area contributed by atoms with E-state index >= 15 is 0 Å². The molecule has 4 nitrogen and oxygen atoms in total. The van der Waals surface area contributed by atoms with Crippen LogP contribution in [0.2, 0.25) is 0 Å². The second kappa shape index (κ2) is 5.17. The van der Waals surface area contributed by atoms with Crippen LogP contribution < -0.4 is 0 Å². The highest BCUT2D eigenvalue weighted by Gasteiger charge is 2.46. The van der Waals surface area contributed by atoms with Gasteiger partial charge in [-0.3, -0.25) is 4.79 Å². The minimum Gasteiger partial charge on any atom is -0.465 e. The molecule has 5 atom stereocenters. The van der Waals surface area contributed by atoms with Crippen molar-refractivity contribution in [2.75, 3.05) is 13.2 Å². The van der Waals surface area contributed by atoms with E-state index in [9.17, 15) is 4.79 Å². The van der Waals surface area contributed by atoms with Gasteiger partial charge in [0, 0.05) is 5.92 Å². The monoisotopic (exact) mass is 254 g/mol. The van der Waals surface area contributed by atoms with Crippen molar-refractivity contribution in [3.05, 3.63) is 0 Å². The molecule has 2 aliphatic heterocycles. The van der Waals surface area contributed by atoms with Gasteiger partial charge >= 0.3 is 5.97 Å². The first-order valence-corrected chi connectivity index (χ1v) is 7.16. The van der Waals surface area contributed by atoms with Crippen LogP contribution in [0.3, 0.4) is 0 Å². The molecule has 0 aromatic heterocycles. The molecule has 1 saturated carbocycles. The van der Waals surface area contributed by atoms with E-state index in [4.69, 9.17) is 14.2 Å². The van der Waals surface area contributed by atoms with Crippen LogP contribution in [-0.2, 0) is 19.0 Å². The Morgan fingerprint density at radius 3 is 2.83 bits per heavy atom. The van der Waals surface area contributed by atoms with Crippen molar-refractivity contribution < 1.29 is 19.0 Å². The molecule has 3 aliphatic rings. The van der Waals surface area contributed by atoms with Crippen molar-refractivity contribution in [3.63, 3.8) is 0 Å². The predicted molar refractivity (Wildman–Crippen MR) is 65.1 cm³/mol. The van der Waals surface area contributed by atoms with Gasteiger partial charge in [-0.15, -0.1) is 0 Å². The lowest BCUT2D eigenvalue weighted by Crippen LogP contribution is -2.30. The molecule has 102 valence electrons. The van der Waals surface area contributed by atoms with Gasteiger partial charge in [-0.1, -0.05) is 0 Å². The summed E-state index contributed by atoms with van der Waals surface area (Å²) in [5, 5.41) is 0. The molecule has 5 unspecified atom stereocenters. The first-order valence-electron chi connectivity index (χ1n) is 7.16. The average Bonchev–Trinajstić information content (AvgIpc) is 3.16. The van der Waals surface area contributed by atoms with Gasteiger partial charge in [-0.05, 0) is 39.0 Å². The molecule has 18 heavy (non-hydrogen) atoms. The van der Waals surface area contributed by atoms with Gasteiger partial charge in [0.2, 0.25) is 0 Å². The molecule has 3 rings (SSSR count). The molecule has 0 aromatic rings. The van der Waals surface area contributed by atoms with E-state index < -0.39 is 0 Å². The van der Waals surface area contributed by atoms with Gasteiger partial charge in [0.15, 0.2) is 0 Å². The van der Waals surface area contributed by atoms with Gasteiger partial charge in [0.05, 0.1) is 37.4 Å². The number of fused-ring (bicyclic) bond motifs is 1. The summed E-state index contributed by atoms with van der Waals surface area (Å²) in [4.78, 5) is 12.0. The number of rotatable bonds is 3. The van der Waals surface area contributed by atoms with Crippen LogP contribution in [0, 0.1) is 11.8 Å². The van der Waals surface area contributed by atoms with E-state index in [0.29, 0.717) is 30.8 Å². The van der Waals surface area contributed by atoms with Crippen LogP contribution in [0.1, 0.15) is 39.0 Å². The van der Waals surface area contributed by atoms with E-state index in [1.807, 2.05) is 0 Å². The van der Waals surface area contributed by atoms with Crippen molar-refractivity contribution in [2.45, 2.75) is 57.3 Å². The summed E-state index contributed by atoms with van der Waals surface area (Å²) in [5.41, 5.74) is 0. The summed E-state index contributed by atoms with van der Waals surface area (Å²) in [5.74, 6) is 0.429. The molecular formula is C14H22O4. The number of ether oxygens (including phenoxy) is 3. The lowest BCUT2D eigenvalue weighted by atomic mass is 9.89. The summed E-state index contributed by atoms with van der Waals surface area (Å²) in [6.45, 7) is 3.35. The third-order valence-corrected chi connectivity index (χ3v) is 4.40. The fraction of sp³-hybridized carbons (Fsp3) is 0.929. The van der Waals surface area contributed by atoms with Crippen LogP contribution in [0.5, 0.6) is 0 Å². The van der Waals surface area contributed by atoms with E-state index in [1.54, 1.807) is 0 Å². The molecule has 0 N–H and O–H groups in total. The Balaban J connectivity index is 1.38. The minimum atomic E-state index is -0.0254. The topological polar surface area (TPSA) is 48.1 Å². The standard InChI is InChI=1S/C14H22O4/c1-9-2-3-10(7-16-9)8-17-14(15)11-4-5-12-13(6-11)18-12/h9-13H,2-8H2,1H3. The molecule has 1 aliphatic carbocycles. The summed E-state index contributed by atoms with van der Waals surface area (Å²) in [6, 6.07) is 0. The fourth-order valence-corrected chi connectivity index (χ4v) is 3.00. The number of epoxide rings is 1. The molecule has 0 radical (unpaired) electrons. The Hall–Kier alpha value is -0.610. The van der Waals surface area contributed by atoms with Crippen molar-refractivity contribution in [3.8, 4) is 0 Å². The van der Waals surface area contributed by atoms with Gasteiger partial charge in [0.25, 0.3) is 0 Å². The first-order chi connectivity index (χ1) is 8.72. The van der Waals surface area contributed by atoms with Gasteiger partial charge in [-0.2, -0.15) is 0 Å². The van der Waals surface area contributed by atoms with Crippen LogP contribution >= 0.6 is 0 Å². The van der Waals surface area contributed by atoms with Crippen molar-refractivity contribution >= 4 is 5.97 Å². The Bertz CT molecular complexity index is 309. The summed E-state index contributed by atoms with van der Waals surface area (Å²) in [7, 11) is 0. The van der Waals surface area contributed by atoms with E-state index in [0.717, 1.165) is 38.7 Å². The normalized spacial score (nSPS) is 43.1. The van der Waals surface area contributed by atoms with Crippen molar-refractivity contribution in [1.82, 2.24) is 0 Å². The second-order valence-corrected chi connectivity index (χ2v) is 5.94. The third kappa shape index (κ3) is 2.86. The smallest absolute Gasteiger partial charge is 0.309 e. The maximum Gasteiger partial charge on any atom is 0.309 e. The molecule has 0 aromatic carbocycles. The molecule has 0 bridgehead atoms. The number of hydrogen-bond acceptors (Lipinski definition) is 4. The van der Waals surface area contributed by atoms with Crippen LogP contribution in [-0.4, -0.2) is 37.5 Å². The zero-order chi connectivity index (χ0) is 12.5. The lowest BCUT2D eigenvalue weighted by Gasteiger charge is -2.27. The van der Waals surface area contributed by atoms with Crippen LogP contribution in [0.4, 0.5) is 0 Å². The maximum atomic E-state index is 12.0. The fourth-order valence-electron chi connectivity index (χ4n) is 3.00. The Kier molecular flexibility index (Phi) is 3.57. The number of hydrogen-bond donors (Lipinski definition) is 0. The molecular weight excluding hydrogens is 232 g/mol. The largest absolute Gasteiger partial charge is 0.465 e. The zero-order valence-electron chi connectivity index (χ0n) is 11.0. The molecule has 0 spiro atoms. The molecule has 2 saturated heterocycles. The minimum absolute atomic E-state index is 0.0254. The number of esters is 1. The highest BCUT2D eigenvalue weighted by atomic mass is 16.6. The van der Waals surface area contributed by atoms with Crippen LogP contribution in [0.15, 0.2) is 0 Å². The second-order valence-electron chi connectivity index (χ2n) is 5.94. The lowest BCUT2D eigenvalue weighted by molar-refractivity contribution is -0.152. The molecule has 4 heteroatoms. The summed E-state index contributed by atoms with van der Waals surface area (Å²) >= 11 is 0. The molecule has 2 heterocycles. The van der Waals surface area contributed by atoms with Crippen LogP contribution in [0.25, 0.3) is 0 Å². The highest BCUT2D eigenvalue weighted by Crippen LogP contribution is 2.39. The van der Waals surface area contributed by atoms with Gasteiger partial charge < -0.3 is 14.2 Å². The Morgan fingerprint density at radius 2 is 2.11 bits per heavy atom. The average molecular weight is 254 g/mol. The van der Waals surface area contributed by atoms with Gasteiger partial charge in [-0.25, -0.2) is 0 Å². The SMILES string of the molecule is CC1CCC(COC(=O)C2CCC3OC3C2)CO1. The predicted octanol–water partition coefficient (Wildman–Crippen LogP) is 1.91. The Labute approximate surface area is 108 Å². The van der Waals surface area contributed by atoms with E-state index in [1.165, 1.54) is 0 Å². The molecule has 0 amide bonds. The maximum absolute atomic E-state index is 12.0. The Morgan fingerprint density at radius 1 is 1.22 bits per heavy atom. The van der Waals surface area contributed by atoms with E-state index in [-0.39, 0.29) is 11.9 Å².